The number of benzene rings is 1. The van der Waals surface area contributed by atoms with E-state index in [1.165, 1.54) is 11.1 Å². The maximum Gasteiger partial charge on any atom is 0.110 e. The molecule has 0 amide bonds. The Morgan fingerprint density at radius 2 is 1.94 bits per heavy atom. The molecule has 0 fully saturated rings. The lowest BCUT2D eigenvalue weighted by Crippen LogP contribution is -1.97. The van der Waals surface area contributed by atoms with Crippen LogP contribution in [0.4, 0.5) is 0 Å². The molecule has 1 heteroatoms. The van der Waals surface area contributed by atoms with Crippen LogP contribution in [0.1, 0.15) is 19.4 Å². The molecule has 1 aliphatic heterocycles. The van der Waals surface area contributed by atoms with Gasteiger partial charge < -0.3 is 4.74 Å². The van der Waals surface area contributed by atoms with Crippen molar-refractivity contribution in [3.05, 3.63) is 78.3 Å². The van der Waals surface area contributed by atoms with Gasteiger partial charge in [0.25, 0.3) is 0 Å². The van der Waals surface area contributed by atoms with Gasteiger partial charge in [-0.3, -0.25) is 0 Å². The van der Waals surface area contributed by atoms with Crippen molar-refractivity contribution in [1.82, 2.24) is 0 Å². The van der Waals surface area contributed by atoms with Crippen LogP contribution in [0.5, 0.6) is 0 Å². The van der Waals surface area contributed by atoms with Crippen molar-refractivity contribution in [2.45, 2.75) is 13.8 Å². The number of allylic oxidation sites excluding steroid dienone is 6. The number of ether oxygens (including phenoxy) is 1. The van der Waals surface area contributed by atoms with Crippen molar-refractivity contribution in [1.29, 1.82) is 0 Å². The summed E-state index contributed by atoms with van der Waals surface area (Å²) in [5.41, 5.74) is 2.39. The highest BCUT2D eigenvalue weighted by molar-refractivity contribution is 5.74. The van der Waals surface area contributed by atoms with E-state index in [-0.39, 0.29) is 0 Å². The van der Waals surface area contributed by atoms with Gasteiger partial charge in [0.05, 0.1) is 6.26 Å². The average Bonchev–Trinajstić information content (AvgIpc) is 2.62. The zero-order valence-corrected chi connectivity index (χ0v) is 10.8. The van der Waals surface area contributed by atoms with Gasteiger partial charge >= 0.3 is 0 Å². The first-order valence-electron chi connectivity index (χ1n) is 6.24. The van der Waals surface area contributed by atoms with Crippen molar-refractivity contribution in [3.8, 4) is 0 Å². The van der Waals surface area contributed by atoms with E-state index in [0.29, 0.717) is 5.92 Å². The second-order valence-corrected chi connectivity index (χ2v) is 4.28. The number of hydrogen-bond donors (Lipinski definition) is 0. The third kappa shape index (κ3) is 3.01. The molecule has 0 aliphatic carbocycles. The molecule has 0 aromatic heterocycles. The molecule has 0 radical (unpaired) electrons. The van der Waals surface area contributed by atoms with Gasteiger partial charge in [0.2, 0.25) is 0 Å². The minimum absolute atomic E-state index is 0.290. The van der Waals surface area contributed by atoms with Gasteiger partial charge in [-0.1, -0.05) is 55.5 Å². The Bertz CT molecular complexity index is 504. The summed E-state index contributed by atoms with van der Waals surface area (Å²) in [6.07, 6.45) is 12.0. The minimum Gasteiger partial charge on any atom is -0.469 e. The van der Waals surface area contributed by atoms with Gasteiger partial charge in [-0.15, -0.1) is 0 Å². The standard InChI is InChI=1S/C17H18O/c1-3-15(16-10-5-4-6-11-16)13-17-14(2)9-7-8-12-18-17/h3-14H,1-2H3/b15-3+,17-13-. The molecule has 18 heavy (non-hydrogen) atoms. The zero-order valence-electron chi connectivity index (χ0n) is 10.8. The molecule has 1 heterocycles. The van der Waals surface area contributed by atoms with Gasteiger partial charge in [-0.2, -0.15) is 0 Å². The SMILES string of the molecule is C/C=C(\C=C1/OC=CC=CC1C)c1ccccc1. The Balaban J connectivity index is 2.30. The molecule has 1 atom stereocenters. The van der Waals surface area contributed by atoms with Crippen LogP contribution in [0.15, 0.2) is 72.7 Å². The van der Waals surface area contributed by atoms with Crippen molar-refractivity contribution >= 4 is 5.57 Å². The molecular formula is C17H18O. The fourth-order valence-corrected chi connectivity index (χ4v) is 1.88. The van der Waals surface area contributed by atoms with Crippen LogP contribution in [0.2, 0.25) is 0 Å². The molecule has 0 bridgehead atoms. The van der Waals surface area contributed by atoms with Crippen LogP contribution in [0.3, 0.4) is 0 Å². The highest BCUT2D eigenvalue weighted by Gasteiger charge is 2.09. The smallest absolute Gasteiger partial charge is 0.110 e. The summed E-state index contributed by atoms with van der Waals surface area (Å²) in [6.45, 7) is 4.18. The van der Waals surface area contributed by atoms with Gasteiger partial charge in [-0.25, -0.2) is 0 Å². The molecular weight excluding hydrogens is 220 g/mol. The average molecular weight is 238 g/mol. The molecule has 1 nitrogen and oxygen atoms in total. The topological polar surface area (TPSA) is 9.23 Å². The van der Waals surface area contributed by atoms with E-state index < -0.39 is 0 Å². The second kappa shape index (κ2) is 6.06. The van der Waals surface area contributed by atoms with Crippen molar-refractivity contribution in [2.24, 2.45) is 5.92 Å². The van der Waals surface area contributed by atoms with Crippen LogP contribution < -0.4 is 0 Å². The molecule has 0 saturated heterocycles. The van der Waals surface area contributed by atoms with Crippen molar-refractivity contribution < 1.29 is 4.74 Å². The highest BCUT2D eigenvalue weighted by atomic mass is 16.5. The zero-order chi connectivity index (χ0) is 12.8. The first-order valence-corrected chi connectivity index (χ1v) is 6.24. The fraction of sp³-hybridized carbons (Fsp3) is 0.176. The van der Waals surface area contributed by atoms with Crippen LogP contribution >= 0.6 is 0 Å². The minimum atomic E-state index is 0.290. The van der Waals surface area contributed by atoms with Crippen LogP contribution in [-0.4, -0.2) is 0 Å². The third-order valence-electron chi connectivity index (χ3n) is 2.96. The first kappa shape index (κ1) is 12.4. The van der Waals surface area contributed by atoms with Crippen molar-refractivity contribution in [2.75, 3.05) is 0 Å². The van der Waals surface area contributed by atoms with E-state index in [4.69, 9.17) is 4.74 Å². The van der Waals surface area contributed by atoms with Crippen LogP contribution in [0.25, 0.3) is 5.57 Å². The Labute approximate surface area is 109 Å². The van der Waals surface area contributed by atoms with Gasteiger partial charge in [0.1, 0.15) is 5.76 Å². The molecule has 1 aromatic carbocycles. The molecule has 1 aromatic rings. The number of rotatable bonds is 2. The monoisotopic (exact) mass is 238 g/mol. The largest absolute Gasteiger partial charge is 0.469 e. The predicted octanol–water partition coefficient (Wildman–Crippen LogP) is 4.71. The van der Waals surface area contributed by atoms with Crippen LogP contribution in [0, 0.1) is 5.92 Å². The lowest BCUT2D eigenvalue weighted by molar-refractivity contribution is 0.318. The molecule has 0 spiro atoms. The van der Waals surface area contributed by atoms with Gasteiger partial charge in [0, 0.05) is 5.92 Å². The Hall–Kier alpha value is -2.02. The Morgan fingerprint density at radius 3 is 2.67 bits per heavy atom. The normalized spacial score (nSPS) is 21.8. The first-order chi connectivity index (χ1) is 8.81. The van der Waals surface area contributed by atoms with E-state index in [2.05, 4.69) is 49.4 Å². The quantitative estimate of drug-likeness (QED) is 0.725. The molecule has 1 unspecified atom stereocenters. The summed E-state index contributed by atoms with van der Waals surface area (Å²) < 4.78 is 5.65. The van der Waals surface area contributed by atoms with Crippen molar-refractivity contribution in [3.63, 3.8) is 0 Å². The fourth-order valence-electron chi connectivity index (χ4n) is 1.88. The summed E-state index contributed by atoms with van der Waals surface area (Å²) in [4.78, 5) is 0. The van der Waals surface area contributed by atoms with E-state index in [1.54, 1.807) is 6.26 Å². The lowest BCUT2D eigenvalue weighted by Gasteiger charge is -2.11. The molecule has 0 saturated carbocycles. The second-order valence-electron chi connectivity index (χ2n) is 4.28. The Kier molecular flexibility index (Phi) is 4.19. The summed E-state index contributed by atoms with van der Waals surface area (Å²) in [5, 5.41) is 0. The summed E-state index contributed by atoms with van der Waals surface area (Å²) in [7, 11) is 0. The Morgan fingerprint density at radius 1 is 1.17 bits per heavy atom. The third-order valence-corrected chi connectivity index (χ3v) is 2.96. The molecule has 92 valence electrons. The molecule has 2 rings (SSSR count). The van der Waals surface area contributed by atoms with E-state index in [9.17, 15) is 0 Å². The van der Waals surface area contributed by atoms with Crippen LogP contribution in [-0.2, 0) is 4.74 Å². The summed E-state index contributed by atoms with van der Waals surface area (Å²) in [5.74, 6) is 1.26. The maximum atomic E-state index is 5.65. The maximum absolute atomic E-state index is 5.65. The van der Waals surface area contributed by atoms with E-state index >= 15 is 0 Å². The van der Waals surface area contributed by atoms with E-state index in [1.807, 2.05) is 25.1 Å². The summed E-state index contributed by atoms with van der Waals surface area (Å²) in [6, 6.07) is 10.3. The predicted molar refractivity (Wildman–Crippen MR) is 76.7 cm³/mol. The molecule has 1 aliphatic rings. The van der Waals surface area contributed by atoms with E-state index in [0.717, 1.165) is 5.76 Å². The van der Waals surface area contributed by atoms with Gasteiger partial charge in [0.15, 0.2) is 0 Å². The lowest BCUT2D eigenvalue weighted by atomic mass is 10.0. The van der Waals surface area contributed by atoms with Gasteiger partial charge in [-0.05, 0) is 30.2 Å². The highest BCUT2D eigenvalue weighted by Crippen LogP contribution is 2.23. The summed E-state index contributed by atoms with van der Waals surface area (Å²) >= 11 is 0. The molecule has 0 N–H and O–H groups in total. The number of hydrogen-bond acceptors (Lipinski definition) is 1.